The van der Waals surface area contributed by atoms with Gasteiger partial charge >= 0.3 is 0 Å². The van der Waals surface area contributed by atoms with Crippen molar-refractivity contribution in [3.05, 3.63) is 33.6 Å². The van der Waals surface area contributed by atoms with Crippen molar-refractivity contribution in [2.24, 2.45) is 0 Å². The second-order valence-corrected chi connectivity index (χ2v) is 4.63. The lowest BCUT2D eigenvalue weighted by Crippen LogP contribution is -2.00. The largest absolute Gasteiger partial charge is 0.364 e. The Hall–Kier alpha value is -1.20. The lowest BCUT2D eigenvalue weighted by Gasteiger charge is -2.02. The van der Waals surface area contributed by atoms with E-state index >= 15 is 0 Å². The Bertz CT molecular complexity index is 457. The Morgan fingerprint density at radius 3 is 2.93 bits per heavy atom. The molecule has 0 atom stereocenters. The fourth-order valence-corrected chi connectivity index (χ4v) is 1.97. The number of thiazole rings is 1. The summed E-state index contributed by atoms with van der Waals surface area (Å²) < 4.78 is 0. The van der Waals surface area contributed by atoms with Gasteiger partial charge in [-0.2, -0.15) is 0 Å². The van der Waals surface area contributed by atoms with Gasteiger partial charge in [0.1, 0.15) is 11.0 Å². The molecule has 78 valence electrons. The Morgan fingerprint density at radius 1 is 1.40 bits per heavy atom. The van der Waals surface area contributed by atoms with Crippen molar-refractivity contribution in [2.45, 2.75) is 13.5 Å². The molecule has 15 heavy (non-hydrogen) atoms. The number of anilines is 1. The number of hydrogen-bond acceptors (Lipinski definition) is 5. The van der Waals surface area contributed by atoms with Gasteiger partial charge in [0, 0.05) is 11.1 Å². The maximum Gasteiger partial charge on any atom is 0.149 e. The summed E-state index contributed by atoms with van der Waals surface area (Å²) in [5, 5.41) is 4.58. The molecule has 1 N–H and O–H groups in total. The number of aromatic nitrogens is 3. The van der Waals surface area contributed by atoms with Crippen molar-refractivity contribution in [2.75, 3.05) is 5.32 Å². The number of aryl methyl sites for hydroxylation is 1. The highest BCUT2D eigenvalue weighted by Gasteiger charge is 1.99. The minimum absolute atomic E-state index is 0.389. The van der Waals surface area contributed by atoms with Crippen LogP contribution in [0.15, 0.2) is 18.6 Å². The lowest BCUT2D eigenvalue weighted by atomic mass is 10.5. The van der Waals surface area contributed by atoms with Crippen LogP contribution in [0.25, 0.3) is 0 Å². The molecule has 2 aromatic rings. The molecule has 0 spiro atoms. The van der Waals surface area contributed by atoms with E-state index < -0.39 is 0 Å². The zero-order valence-electron chi connectivity index (χ0n) is 8.07. The topological polar surface area (TPSA) is 50.7 Å². The molecule has 2 heterocycles. The Morgan fingerprint density at radius 2 is 2.27 bits per heavy atom. The van der Waals surface area contributed by atoms with Gasteiger partial charge in [-0.05, 0) is 6.92 Å². The van der Waals surface area contributed by atoms with E-state index in [1.807, 2.05) is 13.1 Å². The SMILES string of the molecule is Cc1ncc(CNc2cncc(Cl)n2)s1. The van der Waals surface area contributed by atoms with Crippen LogP contribution in [0.4, 0.5) is 5.82 Å². The van der Waals surface area contributed by atoms with Crippen molar-refractivity contribution in [3.63, 3.8) is 0 Å². The average Bonchev–Trinajstić information content (AvgIpc) is 2.62. The zero-order valence-corrected chi connectivity index (χ0v) is 9.64. The third-order valence-electron chi connectivity index (χ3n) is 1.72. The normalized spacial score (nSPS) is 10.3. The molecular weight excluding hydrogens is 232 g/mol. The molecule has 2 rings (SSSR count). The first-order valence-corrected chi connectivity index (χ1v) is 5.56. The van der Waals surface area contributed by atoms with Crippen LogP contribution in [0, 0.1) is 6.92 Å². The molecule has 0 saturated heterocycles. The summed E-state index contributed by atoms with van der Waals surface area (Å²) in [6, 6.07) is 0. The van der Waals surface area contributed by atoms with Crippen LogP contribution in [0.1, 0.15) is 9.88 Å². The summed E-state index contributed by atoms with van der Waals surface area (Å²) in [5.74, 6) is 0.675. The number of hydrogen-bond donors (Lipinski definition) is 1. The number of rotatable bonds is 3. The van der Waals surface area contributed by atoms with Crippen LogP contribution in [0.3, 0.4) is 0 Å². The van der Waals surface area contributed by atoms with Crippen LogP contribution in [-0.2, 0) is 6.54 Å². The van der Waals surface area contributed by atoms with Crippen LogP contribution in [-0.4, -0.2) is 15.0 Å². The summed E-state index contributed by atoms with van der Waals surface area (Å²) >= 11 is 7.36. The number of halogens is 1. The molecule has 0 aliphatic carbocycles. The molecule has 0 radical (unpaired) electrons. The molecule has 4 nitrogen and oxygen atoms in total. The Labute approximate surface area is 96.4 Å². The van der Waals surface area contributed by atoms with E-state index in [1.54, 1.807) is 17.5 Å². The molecule has 0 amide bonds. The van der Waals surface area contributed by atoms with Gasteiger partial charge in [-0.15, -0.1) is 11.3 Å². The van der Waals surface area contributed by atoms with E-state index in [2.05, 4.69) is 20.3 Å². The van der Waals surface area contributed by atoms with E-state index in [4.69, 9.17) is 11.6 Å². The van der Waals surface area contributed by atoms with Crippen molar-refractivity contribution in [3.8, 4) is 0 Å². The number of nitrogens with one attached hydrogen (secondary N) is 1. The quantitative estimate of drug-likeness (QED) is 0.896. The fourth-order valence-electron chi connectivity index (χ4n) is 1.09. The van der Waals surface area contributed by atoms with Crippen LogP contribution >= 0.6 is 22.9 Å². The maximum atomic E-state index is 5.71. The summed E-state index contributed by atoms with van der Waals surface area (Å²) in [4.78, 5) is 13.3. The zero-order chi connectivity index (χ0) is 10.7. The van der Waals surface area contributed by atoms with Crippen molar-refractivity contribution in [1.82, 2.24) is 15.0 Å². The lowest BCUT2D eigenvalue weighted by molar-refractivity contribution is 1.10. The van der Waals surface area contributed by atoms with Gasteiger partial charge in [0.15, 0.2) is 0 Å². The van der Waals surface area contributed by atoms with E-state index in [-0.39, 0.29) is 0 Å². The van der Waals surface area contributed by atoms with Gasteiger partial charge in [0.05, 0.1) is 23.9 Å². The molecule has 0 aliphatic rings. The molecule has 2 aromatic heterocycles. The highest BCUT2D eigenvalue weighted by molar-refractivity contribution is 7.11. The third-order valence-corrected chi connectivity index (χ3v) is 2.81. The van der Waals surface area contributed by atoms with Gasteiger partial charge < -0.3 is 5.32 Å². The smallest absolute Gasteiger partial charge is 0.149 e. The van der Waals surface area contributed by atoms with Gasteiger partial charge in [-0.1, -0.05) is 11.6 Å². The molecule has 0 aromatic carbocycles. The maximum absolute atomic E-state index is 5.71. The molecule has 0 bridgehead atoms. The van der Waals surface area contributed by atoms with Crippen molar-refractivity contribution in [1.29, 1.82) is 0 Å². The van der Waals surface area contributed by atoms with Crippen molar-refractivity contribution >= 4 is 28.8 Å². The Balaban J connectivity index is 1.99. The summed E-state index contributed by atoms with van der Waals surface area (Å²) in [6.45, 7) is 2.67. The Kier molecular flexibility index (Phi) is 3.13. The van der Waals surface area contributed by atoms with E-state index in [0.29, 0.717) is 17.5 Å². The predicted molar refractivity (Wildman–Crippen MR) is 61.2 cm³/mol. The standard InChI is InChI=1S/C9H9ClN4S/c1-6-12-2-7(15-6)3-13-9-5-11-4-8(10)14-9/h2,4-5H,3H2,1H3,(H,13,14). The second-order valence-electron chi connectivity index (χ2n) is 2.93. The molecule has 0 fully saturated rings. The molecule has 0 saturated carbocycles. The van der Waals surface area contributed by atoms with Gasteiger partial charge in [0.25, 0.3) is 0 Å². The number of nitrogens with zero attached hydrogens (tertiary/aromatic N) is 3. The van der Waals surface area contributed by atoms with Gasteiger partial charge in [-0.25, -0.2) is 9.97 Å². The average molecular weight is 241 g/mol. The minimum Gasteiger partial charge on any atom is -0.364 e. The monoisotopic (exact) mass is 240 g/mol. The predicted octanol–water partition coefficient (Wildman–Crippen LogP) is 2.51. The first kappa shape index (κ1) is 10.3. The van der Waals surface area contributed by atoms with Crippen LogP contribution < -0.4 is 5.32 Å². The van der Waals surface area contributed by atoms with E-state index in [1.165, 1.54) is 6.20 Å². The highest BCUT2D eigenvalue weighted by Crippen LogP contribution is 2.13. The summed E-state index contributed by atoms with van der Waals surface area (Å²) in [7, 11) is 0. The van der Waals surface area contributed by atoms with E-state index in [0.717, 1.165) is 9.88 Å². The van der Waals surface area contributed by atoms with Crippen molar-refractivity contribution < 1.29 is 0 Å². The van der Waals surface area contributed by atoms with Gasteiger partial charge in [-0.3, -0.25) is 4.98 Å². The van der Waals surface area contributed by atoms with Crippen LogP contribution in [0.2, 0.25) is 5.15 Å². The molecular formula is C9H9ClN4S. The second kappa shape index (κ2) is 4.55. The highest BCUT2D eigenvalue weighted by atomic mass is 35.5. The first-order chi connectivity index (χ1) is 7.24. The fraction of sp³-hybridized carbons (Fsp3) is 0.222. The first-order valence-electron chi connectivity index (χ1n) is 4.37. The third kappa shape index (κ3) is 2.87. The summed E-state index contributed by atoms with van der Waals surface area (Å²) in [6.07, 6.45) is 4.99. The summed E-state index contributed by atoms with van der Waals surface area (Å²) in [5.41, 5.74) is 0. The van der Waals surface area contributed by atoms with Crippen LogP contribution in [0.5, 0.6) is 0 Å². The van der Waals surface area contributed by atoms with Gasteiger partial charge in [0.2, 0.25) is 0 Å². The molecule has 0 aliphatic heterocycles. The minimum atomic E-state index is 0.389. The molecule has 0 unspecified atom stereocenters. The molecule has 6 heteroatoms. The van der Waals surface area contributed by atoms with E-state index in [9.17, 15) is 0 Å².